The van der Waals surface area contributed by atoms with Gasteiger partial charge in [-0.05, 0) is 43.1 Å². The van der Waals surface area contributed by atoms with Crippen LogP contribution < -0.4 is 5.73 Å². The number of amides is 1. The summed E-state index contributed by atoms with van der Waals surface area (Å²) in [5.74, 6) is 0.991. The van der Waals surface area contributed by atoms with Crippen molar-refractivity contribution in [3.63, 3.8) is 0 Å². The second-order valence-electron chi connectivity index (χ2n) is 6.60. The van der Waals surface area contributed by atoms with Crippen molar-refractivity contribution in [1.82, 2.24) is 4.90 Å². The highest BCUT2D eigenvalue weighted by Gasteiger charge is 2.33. The number of hydrogen-bond donors (Lipinski definition) is 1. The molecule has 5 heteroatoms. The summed E-state index contributed by atoms with van der Waals surface area (Å²) in [5.41, 5.74) is 7.58. The van der Waals surface area contributed by atoms with Gasteiger partial charge in [-0.3, -0.25) is 4.79 Å². The third-order valence-electron chi connectivity index (χ3n) is 5.02. The van der Waals surface area contributed by atoms with Crippen LogP contribution in [-0.4, -0.2) is 43.2 Å². The van der Waals surface area contributed by atoms with Crippen molar-refractivity contribution in [3.8, 4) is 0 Å². The van der Waals surface area contributed by atoms with Gasteiger partial charge in [0.1, 0.15) is 0 Å². The zero-order valence-electron chi connectivity index (χ0n) is 13.5. The van der Waals surface area contributed by atoms with E-state index in [1.54, 1.807) is 0 Å². The van der Waals surface area contributed by atoms with Gasteiger partial charge in [-0.25, -0.2) is 0 Å². The first-order valence-electron chi connectivity index (χ1n) is 8.40. The number of nitrogens with zero attached hydrogens (tertiary/aromatic N) is 1. The number of carbonyl (C=O) groups excluding carboxylic acids is 1. The molecule has 2 saturated heterocycles. The molecule has 2 atom stereocenters. The summed E-state index contributed by atoms with van der Waals surface area (Å²) in [7, 11) is 0. The molecular formula is C18H27ClN2O2. The highest BCUT2D eigenvalue weighted by molar-refractivity contribution is 5.85. The molecule has 1 aromatic rings. The Kier molecular flexibility index (Phi) is 6.88. The predicted octanol–water partition coefficient (Wildman–Crippen LogP) is 2.25. The average molecular weight is 339 g/mol. The number of likely N-dealkylation sites (tertiary alicyclic amines) is 1. The molecule has 0 saturated carbocycles. The van der Waals surface area contributed by atoms with Crippen molar-refractivity contribution in [2.45, 2.75) is 31.7 Å². The number of nitrogens with two attached hydrogens (primary N) is 1. The zero-order valence-corrected chi connectivity index (χ0v) is 14.3. The Morgan fingerprint density at radius 2 is 1.91 bits per heavy atom. The molecule has 2 N–H and O–H groups in total. The Labute approximate surface area is 144 Å². The predicted molar refractivity (Wildman–Crippen MR) is 93.6 cm³/mol. The minimum atomic E-state index is -0.348. The average Bonchev–Trinajstić information content (AvgIpc) is 3.04. The highest BCUT2D eigenvalue weighted by atomic mass is 35.5. The first kappa shape index (κ1) is 18.2. The number of carbonyl (C=O) groups is 1. The van der Waals surface area contributed by atoms with Gasteiger partial charge in [-0.2, -0.15) is 0 Å². The molecular weight excluding hydrogens is 312 g/mol. The molecule has 0 aromatic heterocycles. The van der Waals surface area contributed by atoms with E-state index in [2.05, 4.69) is 24.3 Å². The molecule has 0 spiro atoms. The standard InChI is InChI=1S/C18H26N2O2.ClH/c19-17(16-7-10-22-11-8-16)18(21)20-9-6-15(13-20)12-14-4-2-1-3-5-14;/h1-5,15-17H,6-13,19H2;1H. The first-order valence-corrected chi connectivity index (χ1v) is 8.40. The molecule has 0 bridgehead atoms. The van der Waals surface area contributed by atoms with Crippen molar-refractivity contribution < 1.29 is 9.53 Å². The van der Waals surface area contributed by atoms with Crippen LogP contribution in [0.4, 0.5) is 0 Å². The lowest BCUT2D eigenvalue weighted by molar-refractivity contribution is -0.133. The fraction of sp³-hybridized carbons (Fsp3) is 0.611. The van der Waals surface area contributed by atoms with Crippen molar-refractivity contribution in [2.75, 3.05) is 26.3 Å². The number of hydrogen-bond acceptors (Lipinski definition) is 3. The van der Waals surface area contributed by atoms with E-state index in [0.29, 0.717) is 5.92 Å². The quantitative estimate of drug-likeness (QED) is 0.916. The molecule has 0 aliphatic carbocycles. The Balaban J connectivity index is 0.00000192. The molecule has 2 fully saturated rings. The molecule has 4 nitrogen and oxygen atoms in total. The van der Waals surface area contributed by atoms with Crippen LogP contribution in [-0.2, 0) is 16.0 Å². The largest absolute Gasteiger partial charge is 0.381 e. The maximum absolute atomic E-state index is 12.6. The van der Waals surface area contributed by atoms with Gasteiger partial charge in [0, 0.05) is 26.3 Å². The van der Waals surface area contributed by atoms with Crippen molar-refractivity contribution >= 4 is 18.3 Å². The van der Waals surface area contributed by atoms with E-state index in [-0.39, 0.29) is 30.3 Å². The third kappa shape index (κ3) is 4.69. The lowest BCUT2D eigenvalue weighted by Gasteiger charge is -2.29. The van der Waals surface area contributed by atoms with E-state index < -0.39 is 0 Å². The van der Waals surface area contributed by atoms with Gasteiger partial charge in [0.05, 0.1) is 6.04 Å². The molecule has 128 valence electrons. The zero-order chi connectivity index (χ0) is 15.4. The summed E-state index contributed by atoms with van der Waals surface area (Å²) in [6, 6.07) is 10.2. The monoisotopic (exact) mass is 338 g/mol. The van der Waals surface area contributed by atoms with Gasteiger partial charge in [0.15, 0.2) is 0 Å². The topological polar surface area (TPSA) is 55.6 Å². The summed E-state index contributed by atoms with van der Waals surface area (Å²) < 4.78 is 5.36. The van der Waals surface area contributed by atoms with Crippen LogP contribution in [0.1, 0.15) is 24.8 Å². The molecule has 3 rings (SSSR count). The van der Waals surface area contributed by atoms with Gasteiger partial charge >= 0.3 is 0 Å². The lowest BCUT2D eigenvalue weighted by atomic mass is 9.91. The third-order valence-corrected chi connectivity index (χ3v) is 5.02. The lowest BCUT2D eigenvalue weighted by Crippen LogP contribution is -2.48. The molecule has 2 heterocycles. The molecule has 2 aliphatic heterocycles. The van der Waals surface area contributed by atoms with Gasteiger partial charge in [0.25, 0.3) is 0 Å². The van der Waals surface area contributed by atoms with Crippen molar-refractivity contribution in [1.29, 1.82) is 0 Å². The second kappa shape index (κ2) is 8.67. The molecule has 1 amide bonds. The van der Waals surface area contributed by atoms with Crippen LogP contribution in [0.2, 0.25) is 0 Å². The maximum Gasteiger partial charge on any atom is 0.239 e. The van der Waals surface area contributed by atoms with Crippen LogP contribution in [0, 0.1) is 11.8 Å². The molecule has 0 radical (unpaired) electrons. The van der Waals surface area contributed by atoms with E-state index in [4.69, 9.17) is 10.5 Å². The van der Waals surface area contributed by atoms with Crippen molar-refractivity contribution in [2.24, 2.45) is 17.6 Å². The Morgan fingerprint density at radius 1 is 1.22 bits per heavy atom. The highest BCUT2D eigenvalue weighted by Crippen LogP contribution is 2.24. The smallest absolute Gasteiger partial charge is 0.239 e. The van der Waals surface area contributed by atoms with Gasteiger partial charge in [0.2, 0.25) is 5.91 Å². The van der Waals surface area contributed by atoms with Crippen LogP contribution in [0.5, 0.6) is 0 Å². The summed E-state index contributed by atoms with van der Waals surface area (Å²) in [4.78, 5) is 14.6. The summed E-state index contributed by atoms with van der Waals surface area (Å²) in [5, 5.41) is 0. The van der Waals surface area contributed by atoms with Crippen molar-refractivity contribution in [3.05, 3.63) is 35.9 Å². The molecule has 1 aromatic carbocycles. The molecule has 2 unspecified atom stereocenters. The van der Waals surface area contributed by atoms with E-state index in [9.17, 15) is 4.79 Å². The normalized spacial score (nSPS) is 23.3. The Morgan fingerprint density at radius 3 is 2.61 bits per heavy atom. The van der Waals surface area contributed by atoms with Gasteiger partial charge in [-0.15, -0.1) is 12.4 Å². The number of rotatable bonds is 4. The first-order chi connectivity index (χ1) is 10.7. The van der Waals surface area contributed by atoms with Gasteiger partial charge in [-0.1, -0.05) is 30.3 Å². The van der Waals surface area contributed by atoms with E-state index in [1.807, 2.05) is 11.0 Å². The maximum atomic E-state index is 12.6. The molecule has 2 aliphatic rings. The second-order valence-corrected chi connectivity index (χ2v) is 6.60. The SMILES string of the molecule is Cl.NC(C(=O)N1CCC(Cc2ccccc2)C1)C1CCOCC1. The molecule has 23 heavy (non-hydrogen) atoms. The Bertz CT molecular complexity index is 491. The number of benzene rings is 1. The Hall–Kier alpha value is -1.10. The van der Waals surface area contributed by atoms with Crippen LogP contribution in [0.3, 0.4) is 0 Å². The fourth-order valence-corrected chi connectivity index (χ4v) is 3.63. The number of halogens is 1. The van der Waals surface area contributed by atoms with E-state index in [1.165, 1.54) is 5.56 Å². The fourth-order valence-electron chi connectivity index (χ4n) is 3.63. The van der Waals surface area contributed by atoms with Gasteiger partial charge < -0.3 is 15.4 Å². The van der Waals surface area contributed by atoms with Crippen LogP contribution >= 0.6 is 12.4 Å². The van der Waals surface area contributed by atoms with E-state index in [0.717, 1.165) is 52.0 Å². The minimum Gasteiger partial charge on any atom is -0.381 e. The summed E-state index contributed by atoms with van der Waals surface area (Å²) in [6.45, 7) is 3.18. The summed E-state index contributed by atoms with van der Waals surface area (Å²) >= 11 is 0. The van der Waals surface area contributed by atoms with Crippen LogP contribution in [0.15, 0.2) is 30.3 Å². The summed E-state index contributed by atoms with van der Waals surface area (Å²) in [6.07, 6.45) is 3.96. The number of ether oxygens (including phenoxy) is 1. The van der Waals surface area contributed by atoms with E-state index >= 15 is 0 Å². The van der Waals surface area contributed by atoms with Crippen LogP contribution in [0.25, 0.3) is 0 Å². The minimum absolute atomic E-state index is 0.